The van der Waals surface area contributed by atoms with Crippen LogP contribution in [0.1, 0.15) is 61.8 Å². The van der Waals surface area contributed by atoms with Gasteiger partial charge in [-0.25, -0.2) is 0 Å². The molecule has 3 aromatic carbocycles. The molecule has 0 fully saturated rings. The number of hydrogen-bond acceptors (Lipinski definition) is 5. The van der Waals surface area contributed by atoms with Gasteiger partial charge in [0.05, 0.1) is 4.90 Å². The van der Waals surface area contributed by atoms with Crippen LogP contribution in [0.25, 0.3) is 12.2 Å². The molecule has 0 aromatic heterocycles. The summed E-state index contributed by atoms with van der Waals surface area (Å²) in [6.07, 6.45) is 5.25. The zero-order valence-corrected chi connectivity index (χ0v) is 24.3. The van der Waals surface area contributed by atoms with Gasteiger partial charge in [-0.05, 0) is 72.9 Å². The monoisotopic (exact) mass is 620 g/mol. The molecule has 0 radical (unpaired) electrons. The highest BCUT2D eigenvalue weighted by Gasteiger charge is 2.29. The second kappa shape index (κ2) is 10.9. The first kappa shape index (κ1) is 28.5. The number of benzene rings is 3. The summed E-state index contributed by atoms with van der Waals surface area (Å²) in [5.74, 6) is 1.03. The molecule has 1 aliphatic heterocycles. The molecule has 1 aliphatic rings. The SMILES string of the molecule is C=c1c(CCCC)cc2c(c1CCCC)Oc1cc(Br)ccc1C=2c1ccc(S(=O)(=O)O)cc1S(=O)(=O)O. The number of rotatable bonds is 9. The van der Waals surface area contributed by atoms with Crippen molar-refractivity contribution < 1.29 is 30.7 Å². The third-order valence-electron chi connectivity index (χ3n) is 6.66. The van der Waals surface area contributed by atoms with Crippen molar-refractivity contribution in [2.24, 2.45) is 0 Å². The quantitative estimate of drug-likeness (QED) is 0.241. The lowest BCUT2D eigenvalue weighted by atomic mass is 9.88. The van der Waals surface area contributed by atoms with Crippen LogP contribution in [0.4, 0.5) is 0 Å². The molecule has 7 nitrogen and oxygen atoms in total. The Labute approximate surface area is 231 Å². The minimum Gasteiger partial charge on any atom is -0.456 e. The molecule has 0 atom stereocenters. The van der Waals surface area contributed by atoms with E-state index in [-0.39, 0.29) is 5.56 Å². The van der Waals surface area contributed by atoms with Gasteiger partial charge in [-0.3, -0.25) is 9.11 Å². The lowest BCUT2D eigenvalue weighted by Gasteiger charge is -2.25. The average Bonchev–Trinajstić information content (AvgIpc) is 2.84. The molecule has 2 N–H and O–H groups in total. The van der Waals surface area contributed by atoms with Gasteiger partial charge in [0, 0.05) is 32.0 Å². The fourth-order valence-electron chi connectivity index (χ4n) is 4.75. The molecule has 4 rings (SSSR count). The Morgan fingerprint density at radius 2 is 1.53 bits per heavy atom. The minimum atomic E-state index is -4.89. The fraction of sp³-hybridized carbons (Fsp3) is 0.286. The van der Waals surface area contributed by atoms with Crippen LogP contribution in [0.2, 0.25) is 0 Å². The molecule has 3 aromatic rings. The van der Waals surface area contributed by atoms with E-state index >= 15 is 0 Å². The van der Waals surface area contributed by atoms with Gasteiger partial charge in [-0.2, -0.15) is 16.8 Å². The van der Waals surface area contributed by atoms with Gasteiger partial charge < -0.3 is 4.74 Å². The van der Waals surface area contributed by atoms with E-state index in [0.717, 1.165) is 65.1 Å². The third-order valence-corrected chi connectivity index (χ3v) is 8.90. The summed E-state index contributed by atoms with van der Waals surface area (Å²) in [4.78, 5) is -1.27. The van der Waals surface area contributed by atoms with Crippen molar-refractivity contribution in [2.45, 2.75) is 62.2 Å². The summed E-state index contributed by atoms with van der Waals surface area (Å²) >= 11 is 3.47. The van der Waals surface area contributed by atoms with Gasteiger partial charge in [-0.15, -0.1) is 0 Å². The molecule has 0 spiro atoms. The molecule has 0 aliphatic carbocycles. The first-order valence-electron chi connectivity index (χ1n) is 12.3. The zero-order valence-electron chi connectivity index (χ0n) is 21.1. The number of fused-ring (bicyclic) bond motifs is 2. The van der Waals surface area contributed by atoms with E-state index in [1.807, 2.05) is 6.07 Å². The van der Waals surface area contributed by atoms with Crippen molar-refractivity contribution >= 4 is 48.3 Å². The zero-order chi connectivity index (χ0) is 27.8. The normalized spacial score (nSPS) is 13.1. The maximum Gasteiger partial charge on any atom is 0.295 e. The van der Waals surface area contributed by atoms with E-state index in [4.69, 9.17) is 4.74 Å². The van der Waals surface area contributed by atoms with E-state index in [1.54, 1.807) is 18.2 Å². The van der Waals surface area contributed by atoms with Crippen LogP contribution in [-0.4, -0.2) is 25.9 Å². The largest absolute Gasteiger partial charge is 0.456 e. The van der Waals surface area contributed by atoms with E-state index in [0.29, 0.717) is 34.3 Å². The van der Waals surface area contributed by atoms with Crippen LogP contribution in [0.15, 0.2) is 56.7 Å². The van der Waals surface area contributed by atoms with Gasteiger partial charge in [0.15, 0.2) is 0 Å². The van der Waals surface area contributed by atoms with Crippen molar-refractivity contribution in [3.8, 4) is 11.5 Å². The molecule has 0 amide bonds. The lowest BCUT2D eigenvalue weighted by molar-refractivity contribution is 0.462. The van der Waals surface area contributed by atoms with Gasteiger partial charge in [0.25, 0.3) is 20.2 Å². The topological polar surface area (TPSA) is 118 Å². The molecular formula is C28H29BrO7S2. The second-order valence-corrected chi connectivity index (χ2v) is 13.0. The summed E-state index contributed by atoms with van der Waals surface area (Å²) in [5.41, 5.74) is 3.08. The Balaban J connectivity index is 2.22. The molecule has 202 valence electrons. The van der Waals surface area contributed by atoms with E-state index < -0.39 is 30.0 Å². The van der Waals surface area contributed by atoms with Crippen LogP contribution >= 0.6 is 15.9 Å². The number of halogens is 1. The Hall–Kier alpha value is -2.50. The van der Waals surface area contributed by atoms with Gasteiger partial charge in [-0.1, -0.05) is 55.3 Å². The number of aryl methyl sites for hydroxylation is 1. The van der Waals surface area contributed by atoms with E-state index in [2.05, 4.69) is 36.4 Å². The van der Waals surface area contributed by atoms with Crippen molar-refractivity contribution in [2.75, 3.05) is 0 Å². The van der Waals surface area contributed by atoms with Crippen LogP contribution in [0, 0.1) is 0 Å². The summed E-state index contributed by atoms with van der Waals surface area (Å²) in [7, 11) is -9.62. The highest BCUT2D eigenvalue weighted by Crippen LogP contribution is 2.41. The van der Waals surface area contributed by atoms with Gasteiger partial charge in [0.1, 0.15) is 16.4 Å². The summed E-state index contributed by atoms with van der Waals surface area (Å²) in [6.45, 7) is 8.57. The summed E-state index contributed by atoms with van der Waals surface area (Å²) < 4.78 is 75.6. The molecule has 10 heteroatoms. The Kier molecular flexibility index (Phi) is 8.20. The van der Waals surface area contributed by atoms with Gasteiger partial charge >= 0.3 is 0 Å². The molecule has 0 saturated carbocycles. The number of unbranched alkanes of at least 4 members (excludes halogenated alkanes) is 2. The minimum absolute atomic E-state index is 0.0905. The van der Waals surface area contributed by atoms with Gasteiger partial charge in [0.2, 0.25) is 0 Å². The summed E-state index contributed by atoms with van der Waals surface area (Å²) in [5, 5.41) is 1.52. The fourth-order valence-corrected chi connectivity index (χ4v) is 6.39. The van der Waals surface area contributed by atoms with Crippen molar-refractivity contribution in [1.29, 1.82) is 0 Å². The molecular weight excluding hydrogens is 592 g/mol. The molecule has 0 unspecified atom stereocenters. The maximum absolute atomic E-state index is 12.5. The van der Waals surface area contributed by atoms with Crippen LogP contribution < -0.4 is 15.2 Å². The van der Waals surface area contributed by atoms with Crippen LogP contribution in [0.5, 0.6) is 11.5 Å². The Morgan fingerprint density at radius 3 is 2.16 bits per heavy atom. The van der Waals surface area contributed by atoms with Crippen LogP contribution in [-0.2, 0) is 33.1 Å². The van der Waals surface area contributed by atoms with E-state index in [1.165, 1.54) is 6.07 Å². The number of hydrogen-bond donors (Lipinski definition) is 2. The van der Waals surface area contributed by atoms with Crippen LogP contribution in [0.3, 0.4) is 0 Å². The smallest absolute Gasteiger partial charge is 0.295 e. The lowest BCUT2D eigenvalue weighted by Crippen LogP contribution is -2.27. The first-order valence-corrected chi connectivity index (χ1v) is 16.0. The molecule has 0 bridgehead atoms. The second-order valence-electron chi connectivity index (χ2n) is 9.30. The molecule has 0 saturated heterocycles. The predicted molar refractivity (Wildman–Crippen MR) is 150 cm³/mol. The Bertz CT molecular complexity index is 1740. The predicted octanol–water partition coefficient (Wildman–Crippen LogP) is 5.39. The average molecular weight is 622 g/mol. The van der Waals surface area contributed by atoms with Crippen molar-refractivity contribution in [1.82, 2.24) is 0 Å². The standard InChI is InChI=1S/C28H29BrO7S2/c1-4-6-8-18-14-24-27(23-13-11-20(37(30,31)32)16-26(23)38(33,34)35)22-12-10-19(29)15-25(22)36-28(24)21(17(18)3)9-7-5-2/h10-16H,3-9H2,1-2H3,(H,30,31,32)(H,33,34,35). The Morgan fingerprint density at radius 1 is 0.868 bits per heavy atom. The first-order chi connectivity index (χ1) is 17.9. The third kappa shape index (κ3) is 5.60. The maximum atomic E-state index is 12.5. The van der Waals surface area contributed by atoms with Crippen molar-refractivity contribution in [3.63, 3.8) is 0 Å². The number of ether oxygens (including phenoxy) is 1. The highest BCUT2D eigenvalue weighted by molar-refractivity contribution is 9.10. The molecule has 1 heterocycles. The highest BCUT2D eigenvalue weighted by atomic mass is 79.9. The van der Waals surface area contributed by atoms with E-state index in [9.17, 15) is 25.9 Å². The van der Waals surface area contributed by atoms with Crippen molar-refractivity contribution in [3.05, 3.63) is 79.6 Å². The summed E-state index contributed by atoms with van der Waals surface area (Å²) in [6, 6.07) is 10.5. The molecule has 38 heavy (non-hydrogen) atoms.